The fourth-order valence-corrected chi connectivity index (χ4v) is 2.05. The second kappa shape index (κ2) is 9.97. The van der Waals surface area contributed by atoms with Crippen LogP contribution in [0.15, 0.2) is 24.3 Å². The Kier molecular flexibility index (Phi) is 8.29. The van der Waals surface area contributed by atoms with Crippen molar-refractivity contribution in [2.45, 2.75) is 39.3 Å². The molecule has 0 bridgehead atoms. The van der Waals surface area contributed by atoms with Gasteiger partial charge in [-0.05, 0) is 45.0 Å². The predicted octanol–water partition coefficient (Wildman–Crippen LogP) is 1.56. The third-order valence-electron chi connectivity index (χ3n) is 3.01. The van der Waals surface area contributed by atoms with E-state index in [0.29, 0.717) is 11.3 Å². The maximum atomic E-state index is 12.5. The molecule has 1 atom stereocenters. The molecule has 0 heterocycles. The molecular weight excluding hydrogens is 298 g/mol. The van der Waals surface area contributed by atoms with Crippen LogP contribution in [-0.4, -0.2) is 48.8 Å². The minimum atomic E-state index is -0.724. The molecule has 1 unspecified atom stereocenters. The Labute approximate surface area is 136 Å². The largest absolute Gasteiger partial charge is 0.491 e. The zero-order chi connectivity index (χ0) is 17.2. The normalized spacial score (nSPS) is 12.0. The van der Waals surface area contributed by atoms with Crippen LogP contribution >= 0.6 is 0 Å². The van der Waals surface area contributed by atoms with Gasteiger partial charge in [-0.3, -0.25) is 9.59 Å². The molecule has 23 heavy (non-hydrogen) atoms. The number of carbonyl (C=O) groups is 2. The zero-order valence-electron chi connectivity index (χ0n) is 13.9. The van der Waals surface area contributed by atoms with Crippen molar-refractivity contribution in [2.24, 2.45) is 0 Å². The number of ether oxygens (including phenoxy) is 2. The first-order valence-corrected chi connectivity index (χ1v) is 7.78. The third-order valence-corrected chi connectivity index (χ3v) is 3.01. The Balaban J connectivity index is 2.79. The topological polar surface area (TPSA) is 84.9 Å². The van der Waals surface area contributed by atoms with Gasteiger partial charge in [-0.15, -0.1) is 0 Å². The lowest BCUT2D eigenvalue weighted by Crippen LogP contribution is -2.40. The zero-order valence-corrected chi connectivity index (χ0v) is 13.9. The lowest BCUT2D eigenvalue weighted by Gasteiger charge is -2.17. The van der Waals surface area contributed by atoms with E-state index in [1.165, 1.54) is 0 Å². The van der Waals surface area contributed by atoms with E-state index in [4.69, 9.17) is 14.6 Å². The number of benzene rings is 1. The average molecular weight is 323 g/mol. The highest BCUT2D eigenvalue weighted by Crippen LogP contribution is 2.16. The van der Waals surface area contributed by atoms with Crippen LogP contribution in [0, 0.1) is 0 Å². The molecular formula is C17H25NO5. The van der Waals surface area contributed by atoms with Gasteiger partial charge >= 0.3 is 5.97 Å². The fourth-order valence-electron chi connectivity index (χ4n) is 2.05. The van der Waals surface area contributed by atoms with Gasteiger partial charge < -0.3 is 19.9 Å². The van der Waals surface area contributed by atoms with E-state index in [2.05, 4.69) is 5.32 Å². The monoisotopic (exact) mass is 323 g/mol. The molecule has 0 spiro atoms. The molecule has 0 aliphatic heterocycles. The predicted molar refractivity (Wildman–Crippen MR) is 86.7 cm³/mol. The van der Waals surface area contributed by atoms with Gasteiger partial charge in [0.15, 0.2) is 5.78 Å². The maximum absolute atomic E-state index is 12.5. The molecule has 0 radical (unpaired) electrons. The molecule has 1 rings (SSSR count). The van der Waals surface area contributed by atoms with Crippen LogP contribution in [0.5, 0.6) is 5.75 Å². The fraction of sp³-hybridized carbons (Fsp3) is 0.529. The molecule has 1 aromatic rings. The first-order valence-electron chi connectivity index (χ1n) is 7.78. The van der Waals surface area contributed by atoms with Gasteiger partial charge in [-0.1, -0.05) is 0 Å². The van der Waals surface area contributed by atoms with Crippen molar-refractivity contribution in [1.82, 2.24) is 5.32 Å². The number of carbonyl (C=O) groups excluding carboxylic acids is 2. The summed E-state index contributed by atoms with van der Waals surface area (Å²) in [5.41, 5.74) is 0.473. The summed E-state index contributed by atoms with van der Waals surface area (Å²) in [4.78, 5) is 24.2. The Morgan fingerprint density at radius 1 is 1.22 bits per heavy atom. The van der Waals surface area contributed by atoms with Gasteiger partial charge in [-0.25, -0.2) is 0 Å². The number of nitrogens with one attached hydrogen (secondary N) is 1. The van der Waals surface area contributed by atoms with Crippen molar-refractivity contribution in [3.63, 3.8) is 0 Å². The first kappa shape index (κ1) is 19.1. The standard InChI is InChI=1S/C17H25NO5/c1-4-22-16(20)11-15(18-9-10-19)17(21)13-5-7-14(8-6-13)23-12(2)3/h5-8,12,15,18-19H,4,9-11H2,1-3H3. The summed E-state index contributed by atoms with van der Waals surface area (Å²) in [6, 6.07) is 6.05. The molecule has 1 aromatic carbocycles. The van der Waals surface area contributed by atoms with Crippen molar-refractivity contribution in [2.75, 3.05) is 19.8 Å². The van der Waals surface area contributed by atoms with E-state index >= 15 is 0 Å². The SMILES string of the molecule is CCOC(=O)CC(NCCO)C(=O)c1ccc(OC(C)C)cc1. The maximum Gasteiger partial charge on any atom is 0.307 e. The summed E-state index contributed by atoms with van der Waals surface area (Å²) in [5, 5.41) is 11.8. The lowest BCUT2D eigenvalue weighted by atomic mass is 10.0. The Hall–Kier alpha value is -1.92. The summed E-state index contributed by atoms with van der Waals surface area (Å²) in [6.45, 7) is 5.93. The number of aliphatic hydroxyl groups excluding tert-OH is 1. The van der Waals surface area contributed by atoms with Crippen LogP contribution in [0.25, 0.3) is 0 Å². The van der Waals surface area contributed by atoms with Gasteiger partial charge in [0.2, 0.25) is 0 Å². The van der Waals surface area contributed by atoms with Gasteiger partial charge in [0.05, 0.1) is 31.8 Å². The van der Waals surface area contributed by atoms with Gasteiger partial charge in [0, 0.05) is 12.1 Å². The smallest absolute Gasteiger partial charge is 0.307 e. The molecule has 0 saturated carbocycles. The van der Waals surface area contributed by atoms with E-state index < -0.39 is 12.0 Å². The molecule has 2 N–H and O–H groups in total. The van der Waals surface area contributed by atoms with E-state index in [9.17, 15) is 9.59 Å². The molecule has 0 saturated heterocycles. The summed E-state index contributed by atoms with van der Waals surface area (Å²) in [5.74, 6) is 0.0143. The Morgan fingerprint density at radius 3 is 2.39 bits per heavy atom. The van der Waals surface area contributed by atoms with Crippen LogP contribution in [0.3, 0.4) is 0 Å². The average Bonchev–Trinajstić information content (AvgIpc) is 2.51. The molecule has 6 heteroatoms. The summed E-state index contributed by atoms with van der Waals surface area (Å²) >= 11 is 0. The van der Waals surface area contributed by atoms with Crippen LogP contribution < -0.4 is 10.1 Å². The van der Waals surface area contributed by atoms with Gasteiger partial charge in [-0.2, -0.15) is 0 Å². The molecule has 0 aliphatic rings. The molecule has 0 aromatic heterocycles. The molecule has 0 aliphatic carbocycles. The number of Topliss-reactive ketones (excluding diaryl/α,β-unsaturated/α-hetero) is 1. The van der Waals surface area contributed by atoms with Gasteiger partial charge in [0.1, 0.15) is 5.75 Å². The van der Waals surface area contributed by atoms with Crippen molar-refractivity contribution in [3.8, 4) is 5.75 Å². The van der Waals surface area contributed by atoms with Crippen molar-refractivity contribution >= 4 is 11.8 Å². The lowest BCUT2D eigenvalue weighted by molar-refractivity contribution is -0.143. The summed E-state index contributed by atoms with van der Waals surface area (Å²) in [7, 11) is 0. The van der Waals surface area contributed by atoms with Crippen molar-refractivity contribution < 1.29 is 24.2 Å². The number of hydrogen-bond acceptors (Lipinski definition) is 6. The van der Waals surface area contributed by atoms with Crippen LogP contribution in [0.2, 0.25) is 0 Å². The van der Waals surface area contributed by atoms with E-state index in [-0.39, 0.29) is 38.1 Å². The van der Waals surface area contributed by atoms with E-state index in [0.717, 1.165) is 0 Å². The van der Waals surface area contributed by atoms with Crippen LogP contribution in [0.1, 0.15) is 37.6 Å². The highest BCUT2D eigenvalue weighted by Gasteiger charge is 2.23. The summed E-state index contributed by atoms with van der Waals surface area (Å²) < 4.78 is 10.4. The summed E-state index contributed by atoms with van der Waals surface area (Å²) in [6.07, 6.45) is -0.0176. The quantitative estimate of drug-likeness (QED) is 0.502. The van der Waals surface area contributed by atoms with Crippen LogP contribution in [-0.2, 0) is 9.53 Å². The molecule has 0 amide bonds. The van der Waals surface area contributed by atoms with E-state index in [1.54, 1.807) is 31.2 Å². The minimum Gasteiger partial charge on any atom is -0.491 e. The number of hydrogen-bond donors (Lipinski definition) is 2. The highest BCUT2D eigenvalue weighted by molar-refractivity contribution is 6.01. The van der Waals surface area contributed by atoms with Gasteiger partial charge in [0.25, 0.3) is 0 Å². The number of aliphatic hydroxyl groups is 1. The Morgan fingerprint density at radius 2 is 1.87 bits per heavy atom. The second-order valence-corrected chi connectivity index (χ2v) is 5.29. The van der Waals surface area contributed by atoms with Crippen molar-refractivity contribution in [3.05, 3.63) is 29.8 Å². The molecule has 6 nitrogen and oxygen atoms in total. The number of rotatable bonds is 10. The highest BCUT2D eigenvalue weighted by atomic mass is 16.5. The Bertz CT molecular complexity index is 498. The number of ketones is 1. The second-order valence-electron chi connectivity index (χ2n) is 5.29. The third kappa shape index (κ3) is 6.80. The molecule has 0 fully saturated rings. The first-order chi connectivity index (χ1) is 11.0. The van der Waals surface area contributed by atoms with Crippen molar-refractivity contribution in [1.29, 1.82) is 0 Å². The number of esters is 1. The van der Waals surface area contributed by atoms with E-state index in [1.807, 2.05) is 13.8 Å². The van der Waals surface area contributed by atoms with Crippen LogP contribution in [0.4, 0.5) is 0 Å². The minimum absolute atomic E-state index is 0.0549. The molecule has 128 valence electrons.